The molecule has 0 saturated heterocycles. The molecule has 0 fully saturated rings. The molecule has 4 N–H and O–H groups in total. The predicted molar refractivity (Wildman–Crippen MR) is 220 cm³/mol. The van der Waals surface area contributed by atoms with Crippen molar-refractivity contribution >= 4 is 102 Å². The number of nitrogens with zero attached hydrogens (tertiary/aromatic N) is 6. The molecule has 2 aromatic carbocycles. The first-order chi connectivity index (χ1) is 26.8. The molecule has 18 heteroatoms. The van der Waals surface area contributed by atoms with E-state index < -0.39 is 22.9 Å². The predicted octanol–water partition coefficient (Wildman–Crippen LogP) is 4.63. The second-order valence-corrected chi connectivity index (χ2v) is 15.5. The summed E-state index contributed by atoms with van der Waals surface area (Å²) in [5.41, 5.74) is 1.34. The molecular weight excluding hydrogens is 757 g/mol. The number of benzene rings is 2. The van der Waals surface area contributed by atoms with Crippen LogP contribution in [-0.4, -0.2) is 93.5 Å². The summed E-state index contributed by atoms with van der Waals surface area (Å²) in [6.07, 6.45) is 2.07. The first-order valence-corrected chi connectivity index (χ1v) is 19.4. The number of carbonyl (C=O) groups is 4. The van der Waals surface area contributed by atoms with Gasteiger partial charge in [0.15, 0.2) is 10.0 Å². The Morgan fingerprint density at radius 2 is 1.00 bits per heavy atom. The zero-order valence-corrected chi connectivity index (χ0v) is 32.6. The van der Waals surface area contributed by atoms with Crippen LogP contribution in [-0.2, 0) is 9.59 Å². The van der Waals surface area contributed by atoms with Crippen molar-refractivity contribution in [3.8, 4) is 0 Å². The molecule has 0 saturated carbocycles. The first kappa shape index (κ1) is 38.2. The number of aromatic nitrogens is 4. The molecule has 7 rings (SSSR count). The van der Waals surface area contributed by atoms with Crippen molar-refractivity contribution in [2.24, 2.45) is 0 Å². The van der Waals surface area contributed by atoms with Gasteiger partial charge in [0.05, 0.1) is 11.0 Å². The second-order valence-electron chi connectivity index (χ2n) is 13.8. The molecule has 16 nitrogen and oxygen atoms in total. The van der Waals surface area contributed by atoms with E-state index in [0.717, 1.165) is 35.8 Å². The Labute approximate surface area is 327 Å². The molecular formula is C38H38N10O6S2. The molecule has 0 atom stereocenters. The van der Waals surface area contributed by atoms with E-state index in [0.29, 0.717) is 70.5 Å². The molecule has 0 spiro atoms. The number of carbonyl (C=O) groups excluding carboxylic acids is 4. The highest BCUT2D eigenvalue weighted by Crippen LogP contribution is 2.26. The summed E-state index contributed by atoms with van der Waals surface area (Å²) in [6, 6.07) is 13.2. The van der Waals surface area contributed by atoms with E-state index in [9.17, 15) is 28.8 Å². The number of rotatable bonds is 14. The maximum absolute atomic E-state index is 13.9. The van der Waals surface area contributed by atoms with E-state index >= 15 is 0 Å². The lowest BCUT2D eigenvalue weighted by atomic mass is 10.2. The Morgan fingerprint density at radius 1 is 0.589 bits per heavy atom. The van der Waals surface area contributed by atoms with Crippen LogP contribution < -0.4 is 32.4 Å². The Morgan fingerprint density at radius 3 is 1.39 bits per heavy atom. The zero-order valence-electron chi connectivity index (χ0n) is 31.0. The Kier molecular flexibility index (Phi) is 10.9. The van der Waals surface area contributed by atoms with Gasteiger partial charge >= 0.3 is 0 Å². The van der Waals surface area contributed by atoms with Gasteiger partial charge in [0.1, 0.15) is 22.7 Å². The van der Waals surface area contributed by atoms with Crippen LogP contribution >= 0.6 is 22.7 Å². The minimum absolute atomic E-state index is 0.158. The number of amides is 4. The Hall–Kier alpha value is -6.08. The molecule has 7 aromatic rings. The average Bonchev–Trinajstić information content (AvgIpc) is 3.95. The number of hydrogen-bond acceptors (Lipinski definition) is 12. The average molecular weight is 795 g/mol. The molecule has 56 heavy (non-hydrogen) atoms. The van der Waals surface area contributed by atoms with Crippen LogP contribution in [0.15, 0.2) is 68.9 Å². The normalized spacial score (nSPS) is 11.7. The second kappa shape index (κ2) is 16.0. The molecule has 5 aromatic heterocycles. The van der Waals surface area contributed by atoms with Gasteiger partial charge in [-0.05, 0) is 103 Å². The van der Waals surface area contributed by atoms with Crippen molar-refractivity contribution in [2.75, 3.05) is 62.5 Å². The van der Waals surface area contributed by atoms with Gasteiger partial charge in [-0.15, -0.1) is 22.7 Å². The molecule has 4 amide bonds. The number of nitrogens with one attached hydrogen (secondary N) is 4. The molecule has 0 aliphatic carbocycles. The van der Waals surface area contributed by atoms with Crippen molar-refractivity contribution in [3.05, 3.63) is 90.0 Å². The standard InChI is InChI=1S/C38H38N10O6S2/c1-45(2)13-5-7-31(49)41-29-19-55-35(43-29)33(51)39-23-9-11-25-21(15-23)17-27-37(53)48-26-12-10-24(16-22(26)18-28(48)38(54)47(25)27)40-34(52)36-44-30(20-56-36)42-32(50)8-6-14-46(3)4/h9-12,15-20H,5-8,13-14H2,1-4H3,(H,39,51)(H,40,52)(H,41,49)(H,42,50). The SMILES string of the molecule is CN(C)CCCC(=O)Nc1csc(C(=O)Nc2ccc3c(c2)cc2c(=O)n4c(cc5cc(NC(=O)c6nc(NC(=O)CCCN(C)C)cs6)ccc54)c(=O)n23)n1. The van der Waals surface area contributed by atoms with Crippen LogP contribution in [0.1, 0.15) is 45.3 Å². The third-order valence-corrected chi connectivity index (χ3v) is 10.6. The van der Waals surface area contributed by atoms with Crippen molar-refractivity contribution < 1.29 is 19.2 Å². The smallest absolute Gasteiger partial charge is 0.284 e. The van der Waals surface area contributed by atoms with Gasteiger partial charge in [0, 0.05) is 45.7 Å². The summed E-state index contributed by atoms with van der Waals surface area (Å²) < 4.78 is 2.71. The van der Waals surface area contributed by atoms with Gasteiger partial charge in [-0.2, -0.15) is 0 Å². The Balaban J connectivity index is 1.06. The number of anilines is 4. The summed E-state index contributed by atoms with van der Waals surface area (Å²) in [5, 5.41) is 15.7. The van der Waals surface area contributed by atoms with Gasteiger partial charge < -0.3 is 31.1 Å². The highest BCUT2D eigenvalue weighted by atomic mass is 32.1. The van der Waals surface area contributed by atoms with Crippen LogP contribution in [0, 0.1) is 0 Å². The molecule has 0 radical (unpaired) electrons. The lowest BCUT2D eigenvalue weighted by Gasteiger charge is -2.08. The van der Waals surface area contributed by atoms with E-state index in [4.69, 9.17) is 0 Å². The van der Waals surface area contributed by atoms with Crippen LogP contribution in [0.4, 0.5) is 23.0 Å². The molecule has 0 aliphatic rings. The van der Waals surface area contributed by atoms with Crippen LogP contribution in [0.3, 0.4) is 0 Å². The van der Waals surface area contributed by atoms with Gasteiger partial charge in [-0.1, -0.05) is 0 Å². The fraction of sp³-hybridized carbons (Fsp3) is 0.263. The van der Waals surface area contributed by atoms with E-state index in [1.807, 2.05) is 38.0 Å². The maximum atomic E-state index is 13.9. The largest absolute Gasteiger partial charge is 0.320 e. The lowest BCUT2D eigenvalue weighted by molar-refractivity contribution is -0.117. The third kappa shape index (κ3) is 8.13. The third-order valence-electron chi connectivity index (χ3n) is 8.91. The van der Waals surface area contributed by atoms with Crippen LogP contribution in [0.25, 0.3) is 32.8 Å². The fourth-order valence-electron chi connectivity index (χ4n) is 6.33. The van der Waals surface area contributed by atoms with E-state index in [-0.39, 0.29) is 32.9 Å². The highest BCUT2D eigenvalue weighted by Gasteiger charge is 2.20. The minimum atomic E-state index is -0.469. The number of thiazole rings is 2. The monoisotopic (exact) mass is 794 g/mol. The minimum Gasteiger partial charge on any atom is -0.320 e. The van der Waals surface area contributed by atoms with Crippen molar-refractivity contribution in [1.29, 1.82) is 0 Å². The fourth-order valence-corrected chi connectivity index (χ4v) is 7.62. The number of hydrogen-bond donors (Lipinski definition) is 4. The summed E-state index contributed by atoms with van der Waals surface area (Å²) in [6.45, 7) is 1.56. The first-order valence-electron chi connectivity index (χ1n) is 17.7. The van der Waals surface area contributed by atoms with Gasteiger partial charge in [0.2, 0.25) is 11.8 Å². The Bertz CT molecular complexity index is 2580. The molecule has 0 bridgehead atoms. The van der Waals surface area contributed by atoms with E-state index in [2.05, 4.69) is 31.2 Å². The highest BCUT2D eigenvalue weighted by molar-refractivity contribution is 7.12. The van der Waals surface area contributed by atoms with E-state index in [1.165, 1.54) is 8.80 Å². The number of fused-ring (bicyclic) bond motifs is 6. The van der Waals surface area contributed by atoms with Gasteiger partial charge in [-0.25, -0.2) is 9.97 Å². The topological polar surface area (TPSA) is 192 Å². The van der Waals surface area contributed by atoms with Crippen molar-refractivity contribution in [2.45, 2.75) is 25.7 Å². The van der Waals surface area contributed by atoms with Crippen LogP contribution in [0.5, 0.6) is 0 Å². The van der Waals surface area contributed by atoms with Crippen molar-refractivity contribution in [1.82, 2.24) is 28.6 Å². The summed E-state index contributed by atoms with van der Waals surface area (Å²) >= 11 is 2.19. The molecule has 288 valence electrons. The van der Waals surface area contributed by atoms with Crippen molar-refractivity contribution in [3.63, 3.8) is 0 Å². The van der Waals surface area contributed by atoms with Crippen LogP contribution in [0.2, 0.25) is 0 Å². The molecule has 5 heterocycles. The summed E-state index contributed by atoms with van der Waals surface area (Å²) in [4.78, 5) is 90.8. The zero-order chi connectivity index (χ0) is 39.7. The molecule has 0 unspecified atom stereocenters. The maximum Gasteiger partial charge on any atom is 0.284 e. The molecule has 0 aliphatic heterocycles. The van der Waals surface area contributed by atoms with Gasteiger partial charge in [-0.3, -0.25) is 37.6 Å². The summed E-state index contributed by atoms with van der Waals surface area (Å²) in [7, 11) is 7.75. The van der Waals surface area contributed by atoms with E-state index in [1.54, 1.807) is 59.3 Å². The summed E-state index contributed by atoms with van der Waals surface area (Å²) in [5.74, 6) is -0.687. The lowest BCUT2D eigenvalue weighted by Crippen LogP contribution is -2.25. The van der Waals surface area contributed by atoms with Gasteiger partial charge in [0.25, 0.3) is 22.9 Å². The quantitative estimate of drug-likeness (QED) is 0.121.